The van der Waals surface area contributed by atoms with Gasteiger partial charge in [0, 0.05) is 25.2 Å². The predicted octanol–water partition coefficient (Wildman–Crippen LogP) is 3.62. The van der Waals surface area contributed by atoms with Crippen LogP contribution in [0, 0.1) is 6.92 Å². The van der Waals surface area contributed by atoms with Crippen LogP contribution in [0.2, 0.25) is 0 Å². The van der Waals surface area contributed by atoms with E-state index in [4.69, 9.17) is 0 Å². The lowest BCUT2D eigenvalue weighted by atomic mass is 9.94. The number of aryl methyl sites for hydroxylation is 1. The summed E-state index contributed by atoms with van der Waals surface area (Å²) in [5.41, 5.74) is 3.86. The Hall–Kier alpha value is -1.65. The molecule has 2 heterocycles. The largest absolute Gasteiger partial charge is 0.349 e. The van der Waals surface area contributed by atoms with Crippen molar-refractivity contribution in [2.24, 2.45) is 0 Å². The van der Waals surface area contributed by atoms with Crippen LogP contribution in [0.15, 0.2) is 35.7 Å². The van der Waals surface area contributed by atoms with E-state index in [9.17, 15) is 4.79 Å². The Morgan fingerprint density at radius 2 is 2.00 bits per heavy atom. The molecule has 0 unspecified atom stereocenters. The Bertz CT molecular complexity index is 705. The van der Waals surface area contributed by atoms with Crippen LogP contribution in [-0.4, -0.2) is 29.4 Å². The lowest BCUT2D eigenvalue weighted by Crippen LogP contribution is -2.53. The third-order valence-electron chi connectivity index (χ3n) is 4.74. The number of nitrogens with one attached hydrogen (secondary N) is 1. The quantitative estimate of drug-likeness (QED) is 0.929. The number of benzene rings is 1. The average molecular weight is 328 g/mol. The van der Waals surface area contributed by atoms with E-state index in [-0.39, 0.29) is 11.4 Å². The summed E-state index contributed by atoms with van der Waals surface area (Å²) in [7, 11) is 0. The molecule has 3 rings (SSSR count). The number of hydrogen-bond acceptors (Lipinski definition) is 3. The van der Waals surface area contributed by atoms with Gasteiger partial charge in [-0.3, -0.25) is 9.69 Å². The molecule has 1 amide bonds. The van der Waals surface area contributed by atoms with Crippen molar-refractivity contribution in [2.75, 3.05) is 13.1 Å². The van der Waals surface area contributed by atoms with Gasteiger partial charge in [0.1, 0.15) is 0 Å². The van der Waals surface area contributed by atoms with Gasteiger partial charge in [0.15, 0.2) is 0 Å². The number of carbonyl (C=O) groups is 1. The molecule has 0 aliphatic carbocycles. The van der Waals surface area contributed by atoms with E-state index in [1.54, 1.807) is 0 Å². The number of rotatable bonds is 4. The maximum absolute atomic E-state index is 12.3. The molecule has 1 aromatic heterocycles. The first kappa shape index (κ1) is 16.2. The van der Waals surface area contributed by atoms with Gasteiger partial charge in [0.25, 0.3) is 5.91 Å². The minimum absolute atomic E-state index is 0.0444. The van der Waals surface area contributed by atoms with Crippen LogP contribution in [0.25, 0.3) is 0 Å². The highest BCUT2D eigenvalue weighted by Gasteiger charge is 2.30. The van der Waals surface area contributed by atoms with Gasteiger partial charge >= 0.3 is 0 Å². The second kappa shape index (κ2) is 6.46. The standard InChI is InChI=1S/C19H24N2OS/c1-14-9-11-23-17(14)18(22)20-13-19(2,3)21-10-8-15-6-4-5-7-16(15)12-21/h4-7,9,11H,8,10,12-13H2,1-3H3,(H,20,22). The van der Waals surface area contributed by atoms with E-state index in [0.29, 0.717) is 6.54 Å². The molecule has 0 saturated heterocycles. The van der Waals surface area contributed by atoms with Gasteiger partial charge < -0.3 is 5.32 Å². The zero-order valence-corrected chi connectivity index (χ0v) is 14.9. The molecule has 0 atom stereocenters. The smallest absolute Gasteiger partial charge is 0.261 e. The van der Waals surface area contributed by atoms with Gasteiger partial charge in [-0.2, -0.15) is 0 Å². The summed E-state index contributed by atoms with van der Waals surface area (Å²) in [5.74, 6) is 0.0444. The van der Waals surface area contributed by atoms with Crippen molar-refractivity contribution in [3.63, 3.8) is 0 Å². The monoisotopic (exact) mass is 328 g/mol. The first-order chi connectivity index (χ1) is 11.0. The van der Waals surface area contributed by atoms with Crippen LogP contribution in [-0.2, 0) is 13.0 Å². The maximum atomic E-state index is 12.3. The van der Waals surface area contributed by atoms with Crippen molar-refractivity contribution in [3.05, 3.63) is 57.3 Å². The first-order valence-corrected chi connectivity index (χ1v) is 8.99. The van der Waals surface area contributed by atoms with Crippen molar-refractivity contribution in [1.82, 2.24) is 10.2 Å². The van der Waals surface area contributed by atoms with E-state index < -0.39 is 0 Å². The number of carbonyl (C=O) groups excluding carboxylic acids is 1. The molecular formula is C19H24N2OS. The van der Waals surface area contributed by atoms with E-state index in [1.807, 2.05) is 18.4 Å². The zero-order valence-electron chi connectivity index (χ0n) is 14.1. The van der Waals surface area contributed by atoms with Crippen molar-refractivity contribution in [2.45, 2.75) is 39.3 Å². The lowest BCUT2D eigenvalue weighted by molar-refractivity contribution is 0.0829. The molecule has 0 saturated carbocycles. The van der Waals surface area contributed by atoms with Gasteiger partial charge in [-0.25, -0.2) is 0 Å². The fourth-order valence-corrected chi connectivity index (χ4v) is 3.95. The molecule has 0 fully saturated rings. The highest BCUT2D eigenvalue weighted by molar-refractivity contribution is 7.12. The molecule has 2 aromatic rings. The molecule has 122 valence electrons. The molecule has 0 bridgehead atoms. The van der Waals surface area contributed by atoms with Gasteiger partial charge in [0.2, 0.25) is 0 Å². The van der Waals surface area contributed by atoms with Crippen molar-refractivity contribution in [3.8, 4) is 0 Å². The Morgan fingerprint density at radius 3 is 2.70 bits per heavy atom. The summed E-state index contributed by atoms with van der Waals surface area (Å²) in [6, 6.07) is 10.7. The highest BCUT2D eigenvalue weighted by Crippen LogP contribution is 2.25. The van der Waals surface area contributed by atoms with E-state index in [0.717, 1.165) is 30.0 Å². The minimum Gasteiger partial charge on any atom is -0.349 e. The second-order valence-electron chi connectivity index (χ2n) is 6.87. The summed E-state index contributed by atoms with van der Waals surface area (Å²) in [6.45, 7) is 9.06. The number of amides is 1. The molecule has 3 nitrogen and oxygen atoms in total. The minimum atomic E-state index is -0.0612. The molecule has 1 aliphatic heterocycles. The summed E-state index contributed by atoms with van der Waals surface area (Å²) in [5, 5.41) is 5.09. The first-order valence-electron chi connectivity index (χ1n) is 8.11. The molecule has 23 heavy (non-hydrogen) atoms. The fourth-order valence-electron chi connectivity index (χ4n) is 3.11. The van der Waals surface area contributed by atoms with Crippen molar-refractivity contribution in [1.29, 1.82) is 0 Å². The molecule has 4 heteroatoms. The van der Waals surface area contributed by atoms with Crippen LogP contribution in [0.5, 0.6) is 0 Å². The Labute approximate surface area is 142 Å². The van der Waals surface area contributed by atoms with Gasteiger partial charge in [-0.1, -0.05) is 24.3 Å². The zero-order chi connectivity index (χ0) is 16.4. The molecule has 1 N–H and O–H groups in total. The second-order valence-corrected chi connectivity index (χ2v) is 7.78. The van der Waals surface area contributed by atoms with Crippen LogP contribution in [0.1, 0.15) is 40.2 Å². The molecule has 0 spiro atoms. The SMILES string of the molecule is Cc1ccsc1C(=O)NCC(C)(C)N1CCc2ccccc2C1. The van der Waals surface area contributed by atoms with Crippen molar-refractivity contribution >= 4 is 17.2 Å². The van der Waals surface area contributed by atoms with Crippen LogP contribution < -0.4 is 5.32 Å². The molecule has 1 aliphatic rings. The maximum Gasteiger partial charge on any atom is 0.261 e. The number of nitrogens with zero attached hydrogens (tertiary/aromatic N) is 1. The third kappa shape index (κ3) is 3.48. The number of thiophene rings is 1. The molecule has 0 radical (unpaired) electrons. The average Bonchev–Trinajstić information content (AvgIpc) is 2.98. The normalized spacial score (nSPS) is 15.3. The van der Waals surface area contributed by atoms with Gasteiger partial charge in [0.05, 0.1) is 4.88 Å². The van der Waals surface area contributed by atoms with Gasteiger partial charge in [-0.15, -0.1) is 11.3 Å². The topological polar surface area (TPSA) is 32.3 Å². The fraction of sp³-hybridized carbons (Fsp3) is 0.421. The Balaban J connectivity index is 1.63. The lowest BCUT2D eigenvalue weighted by Gasteiger charge is -2.41. The molecule has 1 aromatic carbocycles. The summed E-state index contributed by atoms with van der Waals surface area (Å²) in [6.07, 6.45) is 1.08. The highest BCUT2D eigenvalue weighted by atomic mass is 32.1. The molecular weight excluding hydrogens is 304 g/mol. The summed E-state index contributed by atoms with van der Waals surface area (Å²) >= 11 is 1.51. The number of fused-ring (bicyclic) bond motifs is 1. The van der Waals surface area contributed by atoms with E-state index in [2.05, 4.69) is 48.3 Å². The number of hydrogen-bond donors (Lipinski definition) is 1. The van der Waals surface area contributed by atoms with Crippen LogP contribution in [0.4, 0.5) is 0 Å². The van der Waals surface area contributed by atoms with Gasteiger partial charge in [-0.05, 0) is 55.3 Å². The Morgan fingerprint density at radius 1 is 1.26 bits per heavy atom. The Kier molecular flexibility index (Phi) is 4.55. The predicted molar refractivity (Wildman–Crippen MR) is 96.0 cm³/mol. The third-order valence-corrected chi connectivity index (χ3v) is 5.75. The summed E-state index contributed by atoms with van der Waals surface area (Å²) < 4.78 is 0. The summed E-state index contributed by atoms with van der Waals surface area (Å²) in [4.78, 5) is 15.6. The van der Waals surface area contributed by atoms with Crippen LogP contribution in [0.3, 0.4) is 0 Å². The van der Waals surface area contributed by atoms with E-state index >= 15 is 0 Å². The van der Waals surface area contributed by atoms with Crippen molar-refractivity contribution < 1.29 is 4.79 Å². The van der Waals surface area contributed by atoms with Crippen LogP contribution >= 0.6 is 11.3 Å². The van der Waals surface area contributed by atoms with E-state index in [1.165, 1.54) is 22.5 Å².